The Morgan fingerprint density at radius 1 is 1.36 bits per heavy atom. The Bertz CT molecular complexity index is 690. The molecule has 4 rings (SSSR count). The van der Waals surface area contributed by atoms with E-state index in [2.05, 4.69) is 19.7 Å². The molecule has 0 radical (unpaired) electrons. The smallest absolute Gasteiger partial charge is 0.357 e. The summed E-state index contributed by atoms with van der Waals surface area (Å²) in [5.74, 6) is 0.228. The fraction of sp³-hybridized carbons (Fsp3) is 0.571. The van der Waals surface area contributed by atoms with Gasteiger partial charge in [0.2, 0.25) is 0 Å². The van der Waals surface area contributed by atoms with Gasteiger partial charge in [0.1, 0.15) is 18.4 Å². The normalized spacial score (nSPS) is 22.0. The van der Waals surface area contributed by atoms with Crippen LogP contribution in [-0.4, -0.2) is 43.9 Å². The summed E-state index contributed by atoms with van der Waals surface area (Å²) in [5, 5.41) is 17.3. The third-order valence-electron chi connectivity index (χ3n) is 4.31. The minimum absolute atomic E-state index is 0.0572. The zero-order valence-corrected chi connectivity index (χ0v) is 12.1. The molecule has 8 nitrogen and oxygen atoms in total. The van der Waals surface area contributed by atoms with Gasteiger partial charge in [-0.25, -0.2) is 4.79 Å². The van der Waals surface area contributed by atoms with Crippen LogP contribution < -0.4 is 4.90 Å². The van der Waals surface area contributed by atoms with Gasteiger partial charge >= 0.3 is 5.97 Å². The highest BCUT2D eigenvalue weighted by molar-refractivity contribution is 5.85. The molecule has 1 aliphatic carbocycles. The van der Waals surface area contributed by atoms with Gasteiger partial charge in [0, 0.05) is 25.0 Å². The van der Waals surface area contributed by atoms with E-state index in [1.807, 2.05) is 11.2 Å². The SMILES string of the molecule is O=C(O)c1coc(N2CCCC(c3nncn3C3CC3)C2)n1. The predicted octanol–water partition coefficient (Wildman–Crippen LogP) is 1.68. The first-order valence-corrected chi connectivity index (χ1v) is 7.55. The average molecular weight is 303 g/mol. The summed E-state index contributed by atoms with van der Waals surface area (Å²) < 4.78 is 7.50. The molecule has 3 heterocycles. The van der Waals surface area contributed by atoms with Gasteiger partial charge in [0.05, 0.1) is 0 Å². The summed E-state index contributed by atoms with van der Waals surface area (Å²) in [6.07, 6.45) is 7.45. The second-order valence-corrected chi connectivity index (χ2v) is 5.93. The molecule has 1 aliphatic heterocycles. The largest absolute Gasteiger partial charge is 0.476 e. The molecule has 1 unspecified atom stereocenters. The maximum Gasteiger partial charge on any atom is 0.357 e. The number of oxazole rings is 1. The topological polar surface area (TPSA) is 97.3 Å². The first kappa shape index (κ1) is 13.3. The van der Waals surface area contributed by atoms with Crippen molar-refractivity contribution in [1.82, 2.24) is 19.7 Å². The van der Waals surface area contributed by atoms with Gasteiger partial charge in [-0.15, -0.1) is 10.2 Å². The lowest BCUT2D eigenvalue weighted by molar-refractivity contribution is 0.0690. The van der Waals surface area contributed by atoms with Crippen molar-refractivity contribution in [1.29, 1.82) is 0 Å². The third kappa shape index (κ3) is 2.34. The van der Waals surface area contributed by atoms with E-state index in [4.69, 9.17) is 9.52 Å². The number of carboxylic acids is 1. The van der Waals surface area contributed by atoms with E-state index in [1.165, 1.54) is 19.1 Å². The minimum atomic E-state index is -1.07. The molecule has 1 atom stereocenters. The monoisotopic (exact) mass is 303 g/mol. The summed E-state index contributed by atoms with van der Waals surface area (Å²) in [6.45, 7) is 1.54. The van der Waals surface area contributed by atoms with Crippen LogP contribution in [0.3, 0.4) is 0 Å². The molecule has 8 heteroatoms. The van der Waals surface area contributed by atoms with Crippen LogP contribution in [0.5, 0.6) is 0 Å². The van der Waals surface area contributed by atoms with Crippen molar-refractivity contribution in [2.75, 3.05) is 18.0 Å². The lowest BCUT2D eigenvalue weighted by Gasteiger charge is -2.31. The van der Waals surface area contributed by atoms with Crippen LogP contribution in [0, 0.1) is 0 Å². The van der Waals surface area contributed by atoms with Crippen molar-refractivity contribution in [3.05, 3.63) is 24.1 Å². The summed E-state index contributed by atoms with van der Waals surface area (Å²) in [7, 11) is 0. The standard InChI is InChI=1S/C14H17N5O3/c20-13(21)11-7-22-14(16-11)18-5-1-2-9(6-18)12-17-15-8-19(12)10-3-4-10/h7-10H,1-6H2,(H,20,21). The maximum absolute atomic E-state index is 10.9. The van der Waals surface area contributed by atoms with Crippen molar-refractivity contribution >= 4 is 12.0 Å². The summed E-state index contributed by atoms with van der Waals surface area (Å²) in [6, 6.07) is 0.931. The molecule has 1 saturated carbocycles. The second kappa shape index (κ2) is 5.11. The van der Waals surface area contributed by atoms with E-state index in [0.717, 1.165) is 31.8 Å². The van der Waals surface area contributed by atoms with E-state index in [-0.39, 0.29) is 11.6 Å². The number of carbonyl (C=O) groups is 1. The number of rotatable bonds is 4. The molecular formula is C14H17N5O3. The lowest BCUT2D eigenvalue weighted by Crippen LogP contribution is -2.35. The molecule has 1 saturated heterocycles. The van der Waals surface area contributed by atoms with Gasteiger partial charge in [-0.05, 0) is 25.7 Å². The molecule has 1 N–H and O–H groups in total. The number of aromatic nitrogens is 4. The molecule has 0 bridgehead atoms. The van der Waals surface area contributed by atoms with Crippen molar-refractivity contribution in [3.8, 4) is 0 Å². The number of anilines is 1. The van der Waals surface area contributed by atoms with Crippen LogP contribution in [-0.2, 0) is 0 Å². The number of hydrogen-bond acceptors (Lipinski definition) is 6. The quantitative estimate of drug-likeness (QED) is 0.917. The van der Waals surface area contributed by atoms with Crippen LogP contribution in [0.1, 0.15) is 54.0 Å². The van der Waals surface area contributed by atoms with Crippen molar-refractivity contribution in [3.63, 3.8) is 0 Å². The Morgan fingerprint density at radius 3 is 2.95 bits per heavy atom. The zero-order valence-electron chi connectivity index (χ0n) is 12.1. The fourth-order valence-corrected chi connectivity index (χ4v) is 3.05. The van der Waals surface area contributed by atoms with Gasteiger partial charge in [-0.3, -0.25) is 0 Å². The Kier molecular flexibility index (Phi) is 3.09. The van der Waals surface area contributed by atoms with Crippen LogP contribution in [0.4, 0.5) is 6.01 Å². The average Bonchev–Trinajstić information content (AvgIpc) is 3.06. The molecule has 2 aromatic heterocycles. The summed E-state index contributed by atoms with van der Waals surface area (Å²) >= 11 is 0. The first-order chi connectivity index (χ1) is 10.7. The summed E-state index contributed by atoms with van der Waals surface area (Å²) in [4.78, 5) is 16.9. The van der Waals surface area contributed by atoms with Gasteiger partial charge in [-0.1, -0.05) is 0 Å². The molecule has 0 spiro atoms. The van der Waals surface area contributed by atoms with Crippen LogP contribution >= 0.6 is 0 Å². The predicted molar refractivity (Wildman–Crippen MR) is 75.9 cm³/mol. The Labute approximate surface area is 126 Å². The Morgan fingerprint density at radius 2 is 2.23 bits per heavy atom. The zero-order chi connectivity index (χ0) is 15.1. The Balaban J connectivity index is 1.53. The number of nitrogens with zero attached hydrogens (tertiary/aromatic N) is 5. The highest BCUT2D eigenvalue weighted by Crippen LogP contribution is 2.38. The highest BCUT2D eigenvalue weighted by Gasteiger charge is 2.32. The second-order valence-electron chi connectivity index (χ2n) is 5.93. The van der Waals surface area contributed by atoms with E-state index >= 15 is 0 Å². The molecule has 2 fully saturated rings. The van der Waals surface area contributed by atoms with E-state index in [1.54, 1.807) is 0 Å². The summed E-state index contributed by atoms with van der Waals surface area (Å²) in [5.41, 5.74) is -0.0572. The highest BCUT2D eigenvalue weighted by atomic mass is 16.4. The van der Waals surface area contributed by atoms with Crippen molar-refractivity contribution in [2.45, 2.75) is 37.6 Å². The van der Waals surface area contributed by atoms with Gasteiger partial charge in [-0.2, -0.15) is 4.98 Å². The first-order valence-electron chi connectivity index (χ1n) is 7.55. The number of aromatic carboxylic acids is 1. The van der Waals surface area contributed by atoms with Gasteiger partial charge in [0.25, 0.3) is 6.01 Å². The van der Waals surface area contributed by atoms with Crippen molar-refractivity contribution in [2.24, 2.45) is 0 Å². The van der Waals surface area contributed by atoms with Gasteiger partial charge in [0.15, 0.2) is 5.69 Å². The van der Waals surface area contributed by atoms with E-state index in [0.29, 0.717) is 12.1 Å². The number of hydrogen-bond donors (Lipinski definition) is 1. The third-order valence-corrected chi connectivity index (χ3v) is 4.31. The van der Waals surface area contributed by atoms with E-state index < -0.39 is 5.97 Å². The van der Waals surface area contributed by atoms with E-state index in [9.17, 15) is 4.79 Å². The fourth-order valence-electron chi connectivity index (χ4n) is 3.05. The molecule has 2 aliphatic rings. The molecule has 0 amide bonds. The number of carboxylic acid groups (broad SMARTS) is 1. The lowest BCUT2D eigenvalue weighted by atomic mass is 9.97. The molecule has 2 aromatic rings. The molecule has 0 aromatic carbocycles. The Hall–Kier alpha value is -2.38. The van der Waals surface area contributed by atoms with Crippen LogP contribution in [0.2, 0.25) is 0 Å². The molecule has 116 valence electrons. The van der Waals surface area contributed by atoms with Crippen LogP contribution in [0.25, 0.3) is 0 Å². The minimum Gasteiger partial charge on any atom is -0.476 e. The van der Waals surface area contributed by atoms with Crippen molar-refractivity contribution < 1.29 is 14.3 Å². The molecule has 22 heavy (non-hydrogen) atoms. The van der Waals surface area contributed by atoms with Gasteiger partial charge < -0.3 is 19.0 Å². The number of piperidine rings is 1. The maximum atomic E-state index is 10.9. The molecular weight excluding hydrogens is 286 g/mol. The van der Waals surface area contributed by atoms with Crippen LogP contribution in [0.15, 0.2) is 17.0 Å².